The molecule has 0 aromatic carbocycles. The molecule has 0 saturated carbocycles. The first-order chi connectivity index (χ1) is 9.81. The minimum atomic E-state index is 0.314. The number of hydrogen-bond acceptors (Lipinski definition) is 3. The number of rotatable bonds is 4. The van der Waals surface area contributed by atoms with Gasteiger partial charge in [0.2, 0.25) is 5.91 Å². The number of carbonyl (C=O) groups excluding carboxylic acids is 1. The number of hydrogen-bond donors (Lipinski definition) is 0. The average molecular weight is 292 g/mol. The molecule has 110 valence electrons. The van der Waals surface area contributed by atoms with Crippen molar-refractivity contribution in [3.63, 3.8) is 0 Å². The quantitative estimate of drug-likeness (QED) is 0.852. The number of amides is 1. The fourth-order valence-electron chi connectivity index (χ4n) is 3.45. The van der Waals surface area contributed by atoms with Crippen molar-refractivity contribution < 1.29 is 4.79 Å². The summed E-state index contributed by atoms with van der Waals surface area (Å²) in [6.45, 7) is 5.65. The van der Waals surface area contributed by atoms with Gasteiger partial charge in [-0.05, 0) is 67.1 Å². The first kappa shape index (κ1) is 14.1. The third kappa shape index (κ3) is 3.61. The van der Waals surface area contributed by atoms with Crippen molar-refractivity contribution in [2.75, 3.05) is 32.7 Å². The number of likely N-dealkylation sites (tertiary alicyclic amines) is 2. The van der Waals surface area contributed by atoms with Crippen LogP contribution >= 0.6 is 11.3 Å². The number of piperidine rings is 1. The molecule has 4 heteroatoms. The lowest BCUT2D eigenvalue weighted by atomic mass is 9.97. The molecule has 2 aliphatic heterocycles. The van der Waals surface area contributed by atoms with Crippen LogP contribution in [-0.2, 0) is 11.2 Å². The minimum absolute atomic E-state index is 0.314. The van der Waals surface area contributed by atoms with Crippen molar-refractivity contribution in [3.05, 3.63) is 22.4 Å². The van der Waals surface area contributed by atoms with E-state index in [1.165, 1.54) is 50.9 Å². The van der Waals surface area contributed by atoms with Crippen LogP contribution in [-0.4, -0.2) is 48.4 Å². The molecule has 2 fully saturated rings. The lowest BCUT2D eigenvalue weighted by molar-refractivity contribution is -0.132. The van der Waals surface area contributed by atoms with Gasteiger partial charge in [0.05, 0.1) is 6.42 Å². The van der Waals surface area contributed by atoms with Gasteiger partial charge < -0.3 is 9.80 Å². The molecule has 1 unspecified atom stereocenters. The zero-order valence-electron chi connectivity index (χ0n) is 12.1. The van der Waals surface area contributed by atoms with Gasteiger partial charge in [-0.3, -0.25) is 4.79 Å². The van der Waals surface area contributed by atoms with Crippen LogP contribution in [0.4, 0.5) is 0 Å². The molecule has 2 aliphatic rings. The molecular weight excluding hydrogens is 268 g/mol. The van der Waals surface area contributed by atoms with E-state index >= 15 is 0 Å². The fraction of sp³-hybridized carbons (Fsp3) is 0.688. The Morgan fingerprint density at radius 2 is 2.10 bits per heavy atom. The van der Waals surface area contributed by atoms with Crippen molar-refractivity contribution in [3.8, 4) is 0 Å². The Kier molecular flexibility index (Phi) is 4.73. The summed E-state index contributed by atoms with van der Waals surface area (Å²) in [5.74, 6) is 1.00. The van der Waals surface area contributed by atoms with E-state index in [1.807, 2.05) is 0 Å². The predicted molar refractivity (Wildman–Crippen MR) is 83.0 cm³/mol. The second-order valence-electron chi connectivity index (χ2n) is 6.16. The molecule has 1 atom stereocenters. The summed E-state index contributed by atoms with van der Waals surface area (Å²) in [5, 5.41) is 4.14. The maximum atomic E-state index is 12.4. The van der Waals surface area contributed by atoms with Crippen LogP contribution < -0.4 is 0 Å². The molecule has 20 heavy (non-hydrogen) atoms. The van der Waals surface area contributed by atoms with Crippen molar-refractivity contribution in [2.24, 2.45) is 5.92 Å². The first-order valence-corrected chi connectivity index (χ1v) is 8.77. The van der Waals surface area contributed by atoms with Crippen LogP contribution in [0.25, 0.3) is 0 Å². The summed E-state index contributed by atoms with van der Waals surface area (Å²) in [6, 6.07) is 2.06. The molecule has 0 radical (unpaired) electrons. The maximum Gasteiger partial charge on any atom is 0.227 e. The van der Waals surface area contributed by atoms with Crippen molar-refractivity contribution >= 4 is 17.2 Å². The van der Waals surface area contributed by atoms with E-state index in [0.717, 1.165) is 13.1 Å². The van der Waals surface area contributed by atoms with Gasteiger partial charge in [0, 0.05) is 19.6 Å². The lowest BCUT2D eigenvalue weighted by Gasteiger charge is -2.34. The SMILES string of the molecule is O=C(Cc1ccsc1)N1CCCC(CN2CCCC2)C1. The summed E-state index contributed by atoms with van der Waals surface area (Å²) in [7, 11) is 0. The van der Waals surface area contributed by atoms with Gasteiger partial charge in [-0.15, -0.1) is 0 Å². The van der Waals surface area contributed by atoms with Crippen LogP contribution in [0.5, 0.6) is 0 Å². The van der Waals surface area contributed by atoms with E-state index in [2.05, 4.69) is 26.6 Å². The average Bonchev–Trinajstić information content (AvgIpc) is 3.12. The van der Waals surface area contributed by atoms with E-state index in [0.29, 0.717) is 18.2 Å². The van der Waals surface area contributed by atoms with E-state index < -0.39 is 0 Å². The van der Waals surface area contributed by atoms with Gasteiger partial charge >= 0.3 is 0 Å². The van der Waals surface area contributed by atoms with Crippen LogP contribution in [0.2, 0.25) is 0 Å². The topological polar surface area (TPSA) is 23.6 Å². The summed E-state index contributed by atoms with van der Waals surface area (Å²) in [5.41, 5.74) is 1.17. The Labute approximate surface area is 125 Å². The molecular formula is C16H24N2OS. The lowest BCUT2D eigenvalue weighted by Crippen LogP contribution is -2.43. The third-order valence-corrected chi connectivity index (χ3v) is 5.25. The highest BCUT2D eigenvalue weighted by Gasteiger charge is 2.26. The largest absolute Gasteiger partial charge is 0.342 e. The fourth-order valence-corrected chi connectivity index (χ4v) is 4.12. The van der Waals surface area contributed by atoms with Crippen LogP contribution in [0.15, 0.2) is 16.8 Å². The van der Waals surface area contributed by atoms with E-state index in [1.54, 1.807) is 11.3 Å². The normalized spacial score (nSPS) is 24.2. The highest BCUT2D eigenvalue weighted by Crippen LogP contribution is 2.21. The standard InChI is InChI=1S/C16H24N2OS/c19-16(10-14-5-9-20-13-14)18-8-3-4-15(12-18)11-17-6-1-2-7-17/h5,9,13,15H,1-4,6-8,10-12H2. The summed E-state index contributed by atoms with van der Waals surface area (Å²) in [6.07, 6.45) is 5.76. The molecule has 0 aliphatic carbocycles. The molecule has 1 amide bonds. The van der Waals surface area contributed by atoms with Gasteiger partial charge in [0.25, 0.3) is 0 Å². The molecule has 0 spiro atoms. The summed E-state index contributed by atoms with van der Waals surface area (Å²) in [4.78, 5) is 17.0. The molecule has 0 bridgehead atoms. The van der Waals surface area contributed by atoms with Gasteiger partial charge in [0.15, 0.2) is 0 Å². The molecule has 3 rings (SSSR count). The monoisotopic (exact) mass is 292 g/mol. The third-order valence-electron chi connectivity index (χ3n) is 4.52. The summed E-state index contributed by atoms with van der Waals surface area (Å²) >= 11 is 1.67. The van der Waals surface area contributed by atoms with Gasteiger partial charge in [-0.25, -0.2) is 0 Å². The molecule has 0 N–H and O–H groups in total. The smallest absolute Gasteiger partial charge is 0.227 e. The molecule has 1 aromatic rings. The second kappa shape index (κ2) is 6.72. The van der Waals surface area contributed by atoms with Crippen LogP contribution in [0, 0.1) is 5.92 Å². The van der Waals surface area contributed by atoms with Gasteiger partial charge in [-0.2, -0.15) is 11.3 Å². The Hall–Kier alpha value is -0.870. The Bertz CT molecular complexity index is 426. The second-order valence-corrected chi connectivity index (χ2v) is 6.94. The highest BCUT2D eigenvalue weighted by molar-refractivity contribution is 7.07. The predicted octanol–water partition coefficient (Wildman–Crippen LogP) is 2.63. The maximum absolute atomic E-state index is 12.4. The number of carbonyl (C=O) groups is 1. The Balaban J connectivity index is 1.50. The Morgan fingerprint density at radius 1 is 1.25 bits per heavy atom. The summed E-state index contributed by atoms with van der Waals surface area (Å²) < 4.78 is 0. The molecule has 3 heterocycles. The Morgan fingerprint density at radius 3 is 2.85 bits per heavy atom. The van der Waals surface area contributed by atoms with E-state index in [-0.39, 0.29) is 0 Å². The van der Waals surface area contributed by atoms with Crippen LogP contribution in [0.1, 0.15) is 31.2 Å². The number of thiophene rings is 1. The zero-order valence-corrected chi connectivity index (χ0v) is 12.9. The molecule has 3 nitrogen and oxygen atoms in total. The van der Waals surface area contributed by atoms with E-state index in [4.69, 9.17) is 0 Å². The van der Waals surface area contributed by atoms with Crippen molar-refractivity contribution in [1.29, 1.82) is 0 Å². The van der Waals surface area contributed by atoms with Crippen LogP contribution in [0.3, 0.4) is 0 Å². The van der Waals surface area contributed by atoms with Crippen molar-refractivity contribution in [1.82, 2.24) is 9.80 Å². The number of nitrogens with zero attached hydrogens (tertiary/aromatic N) is 2. The molecule has 2 saturated heterocycles. The minimum Gasteiger partial charge on any atom is -0.342 e. The van der Waals surface area contributed by atoms with Gasteiger partial charge in [-0.1, -0.05) is 0 Å². The zero-order chi connectivity index (χ0) is 13.8. The van der Waals surface area contributed by atoms with E-state index in [9.17, 15) is 4.79 Å². The van der Waals surface area contributed by atoms with Gasteiger partial charge in [0.1, 0.15) is 0 Å². The highest BCUT2D eigenvalue weighted by atomic mass is 32.1. The first-order valence-electron chi connectivity index (χ1n) is 7.82. The van der Waals surface area contributed by atoms with Crippen molar-refractivity contribution in [2.45, 2.75) is 32.1 Å². The molecule has 1 aromatic heterocycles.